The molecule has 3 heteroatoms. The first-order valence-electron chi connectivity index (χ1n) is 6.69. The van der Waals surface area contributed by atoms with Gasteiger partial charge in [0.15, 0.2) is 0 Å². The summed E-state index contributed by atoms with van der Waals surface area (Å²) in [6, 6.07) is 12.0. The molecule has 3 aromatic rings. The molecule has 3 nitrogen and oxygen atoms in total. The molecule has 0 radical (unpaired) electrons. The largest absolute Gasteiger partial charge is 0.320 e. The molecule has 0 amide bonds. The van der Waals surface area contributed by atoms with Gasteiger partial charge in [-0.05, 0) is 48.7 Å². The average molecular weight is 263 g/mol. The number of nitrogens with two attached hydrogens (primary N) is 1. The van der Waals surface area contributed by atoms with E-state index in [1.807, 2.05) is 37.4 Å². The smallest absolute Gasteiger partial charge is 0.0708 e. The Morgan fingerprint density at radius 2 is 1.85 bits per heavy atom. The van der Waals surface area contributed by atoms with Crippen molar-refractivity contribution in [3.05, 3.63) is 71.2 Å². The minimum Gasteiger partial charge on any atom is -0.320 e. The Morgan fingerprint density at radius 3 is 2.65 bits per heavy atom. The summed E-state index contributed by atoms with van der Waals surface area (Å²) in [5.41, 5.74) is 11.8. The SMILES string of the molecule is Cc1cc(C(N)c2cnccc2C)c2ccccc2n1. The van der Waals surface area contributed by atoms with Crippen molar-refractivity contribution in [2.45, 2.75) is 19.9 Å². The summed E-state index contributed by atoms with van der Waals surface area (Å²) in [4.78, 5) is 8.76. The number of hydrogen-bond acceptors (Lipinski definition) is 3. The van der Waals surface area contributed by atoms with Crippen molar-refractivity contribution in [1.29, 1.82) is 0 Å². The van der Waals surface area contributed by atoms with Gasteiger partial charge in [0.25, 0.3) is 0 Å². The molecule has 3 rings (SSSR count). The molecule has 0 fully saturated rings. The summed E-state index contributed by atoms with van der Waals surface area (Å²) < 4.78 is 0. The summed E-state index contributed by atoms with van der Waals surface area (Å²) in [5, 5.41) is 1.11. The molecule has 20 heavy (non-hydrogen) atoms. The third-order valence-corrected chi connectivity index (χ3v) is 3.63. The monoisotopic (exact) mass is 263 g/mol. The molecule has 1 aromatic carbocycles. The molecule has 0 saturated heterocycles. The van der Waals surface area contributed by atoms with Crippen molar-refractivity contribution in [2.75, 3.05) is 0 Å². The van der Waals surface area contributed by atoms with Crippen LogP contribution in [0.15, 0.2) is 48.8 Å². The van der Waals surface area contributed by atoms with Crippen LogP contribution in [0.25, 0.3) is 10.9 Å². The fourth-order valence-electron chi connectivity index (χ4n) is 2.57. The summed E-state index contributed by atoms with van der Waals surface area (Å²) in [6.07, 6.45) is 3.64. The van der Waals surface area contributed by atoms with E-state index < -0.39 is 0 Å². The van der Waals surface area contributed by atoms with Crippen molar-refractivity contribution in [1.82, 2.24) is 9.97 Å². The summed E-state index contributed by atoms with van der Waals surface area (Å²) in [5.74, 6) is 0. The molecule has 2 heterocycles. The van der Waals surface area contributed by atoms with Crippen LogP contribution in [0, 0.1) is 13.8 Å². The van der Waals surface area contributed by atoms with Gasteiger partial charge in [-0.15, -0.1) is 0 Å². The highest BCUT2D eigenvalue weighted by Gasteiger charge is 2.15. The number of pyridine rings is 2. The molecular weight excluding hydrogens is 246 g/mol. The van der Waals surface area contributed by atoms with Crippen LogP contribution in [0.4, 0.5) is 0 Å². The lowest BCUT2D eigenvalue weighted by atomic mass is 9.94. The molecule has 0 spiro atoms. The summed E-state index contributed by atoms with van der Waals surface area (Å²) >= 11 is 0. The number of benzene rings is 1. The molecule has 2 N–H and O–H groups in total. The predicted molar refractivity (Wildman–Crippen MR) is 81.5 cm³/mol. The Morgan fingerprint density at radius 1 is 1.05 bits per heavy atom. The summed E-state index contributed by atoms with van der Waals surface area (Å²) in [7, 11) is 0. The Labute approximate surface area is 118 Å². The topological polar surface area (TPSA) is 51.8 Å². The van der Waals surface area contributed by atoms with E-state index in [9.17, 15) is 0 Å². The maximum Gasteiger partial charge on any atom is 0.0708 e. The Hall–Kier alpha value is -2.26. The van der Waals surface area contributed by atoms with Crippen molar-refractivity contribution in [3.63, 3.8) is 0 Å². The van der Waals surface area contributed by atoms with Gasteiger partial charge in [-0.3, -0.25) is 9.97 Å². The fourth-order valence-corrected chi connectivity index (χ4v) is 2.57. The van der Waals surface area contributed by atoms with Gasteiger partial charge in [-0.25, -0.2) is 0 Å². The van der Waals surface area contributed by atoms with Crippen LogP contribution >= 0.6 is 0 Å². The van der Waals surface area contributed by atoms with E-state index in [0.717, 1.165) is 33.3 Å². The molecule has 0 aliphatic carbocycles. The molecule has 1 unspecified atom stereocenters. The van der Waals surface area contributed by atoms with Crippen LogP contribution in [0.5, 0.6) is 0 Å². The zero-order valence-electron chi connectivity index (χ0n) is 11.7. The average Bonchev–Trinajstić information content (AvgIpc) is 2.46. The number of aromatic nitrogens is 2. The maximum absolute atomic E-state index is 6.48. The van der Waals surface area contributed by atoms with Crippen molar-refractivity contribution in [3.8, 4) is 0 Å². The Kier molecular flexibility index (Phi) is 3.20. The van der Waals surface area contributed by atoms with Crippen LogP contribution in [0.2, 0.25) is 0 Å². The van der Waals surface area contributed by atoms with Gasteiger partial charge < -0.3 is 5.73 Å². The van der Waals surface area contributed by atoms with E-state index in [4.69, 9.17) is 5.73 Å². The number of rotatable bonds is 2. The van der Waals surface area contributed by atoms with E-state index in [0.29, 0.717) is 0 Å². The lowest BCUT2D eigenvalue weighted by Gasteiger charge is -2.17. The third-order valence-electron chi connectivity index (χ3n) is 3.63. The van der Waals surface area contributed by atoms with E-state index in [1.165, 1.54) is 0 Å². The van der Waals surface area contributed by atoms with Gasteiger partial charge in [-0.2, -0.15) is 0 Å². The second-order valence-corrected chi connectivity index (χ2v) is 5.08. The van der Waals surface area contributed by atoms with Gasteiger partial charge in [-0.1, -0.05) is 18.2 Å². The fraction of sp³-hybridized carbons (Fsp3) is 0.176. The van der Waals surface area contributed by atoms with E-state index in [1.54, 1.807) is 6.20 Å². The molecule has 0 saturated carbocycles. The standard InChI is InChI=1S/C17H17N3/c1-11-7-8-19-10-15(11)17(18)14-9-12(2)20-16-6-4-3-5-13(14)16/h3-10,17H,18H2,1-2H3. The van der Waals surface area contributed by atoms with Gasteiger partial charge >= 0.3 is 0 Å². The zero-order valence-corrected chi connectivity index (χ0v) is 11.7. The molecule has 0 bridgehead atoms. The zero-order chi connectivity index (χ0) is 14.1. The Bertz CT molecular complexity index is 765. The number of aryl methyl sites for hydroxylation is 2. The first-order valence-corrected chi connectivity index (χ1v) is 6.69. The minimum atomic E-state index is -0.185. The molecule has 1 atom stereocenters. The first kappa shape index (κ1) is 12.8. The maximum atomic E-state index is 6.48. The lowest BCUT2D eigenvalue weighted by Crippen LogP contribution is -2.14. The number of fused-ring (bicyclic) bond motifs is 1. The summed E-state index contributed by atoms with van der Waals surface area (Å²) in [6.45, 7) is 4.06. The second-order valence-electron chi connectivity index (χ2n) is 5.08. The van der Waals surface area contributed by atoms with Gasteiger partial charge in [0, 0.05) is 23.5 Å². The van der Waals surface area contributed by atoms with Crippen LogP contribution in [-0.4, -0.2) is 9.97 Å². The van der Waals surface area contributed by atoms with Crippen molar-refractivity contribution in [2.24, 2.45) is 5.73 Å². The molecule has 2 aromatic heterocycles. The van der Waals surface area contributed by atoms with Crippen molar-refractivity contribution < 1.29 is 0 Å². The molecule has 0 aliphatic rings. The number of nitrogens with zero attached hydrogens (tertiary/aromatic N) is 2. The normalized spacial score (nSPS) is 12.6. The van der Waals surface area contributed by atoms with Crippen LogP contribution < -0.4 is 5.73 Å². The minimum absolute atomic E-state index is 0.185. The van der Waals surface area contributed by atoms with Crippen molar-refractivity contribution >= 4 is 10.9 Å². The highest BCUT2D eigenvalue weighted by molar-refractivity contribution is 5.83. The molecule has 0 aliphatic heterocycles. The molecule has 100 valence electrons. The van der Waals surface area contributed by atoms with Gasteiger partial charge in [0.05, 0.1) is 11.6 Å². The highest BCUT2D eigenvalue weighted by atomic mass is 14.7. The van der Waals surface area contributed by atoms with Crippen LogP contribution in [0.3, 0.4) is 0 Å². The third kappa shape index (κ3) is 2.17. The van der Waals surface area contributed by atoms with Crippen LogP contribution in [0.1, 0.15) is 28.4 Å². The van der Waals surface area contributed by atoms with E-state index in [2.05, 4.69) is 29.0 Å². The quantitative estimate of drug-likeness (QED) is 0.771. The van der Waals surface area contributed by atoms with E-state index in [-0.39, 0.29) is 6.04 Å². The van der Waals surface area contributed by atoms with Crippen LogP contribution in [-0.2, 0) is 0 Å². The van der Waals surface area contributed by atoms with E-state index >= 15 is 0 Å². The highest BCUT2D eigenvalue weighted by Crippen LogP contribution is 2.28. The number of hydrogen-bond donors (Lipinski definition) is 1. The lowest BCUT2D eigenvalue weighted by molar-refractivity contribution is 0.857. The van der Waals surface area contributed by atoms with Gasteiger partial charge in [0.2, 0.25) is 0 Å². The first-order chi connectivity index (χ1) is 9.66. The number of para-hydroxylation sites is 1. The molecular formula is C17H17N3. The Balaban J connectivity index is 2.21. The predicted octanol–water partition coefficient (Wildman–Crippen LogP) is 3.29. The van der Waals surface area contributed by atoms with Gasteiger partial charge in [0.1, 0.15) is 0 Å². The second kappa shape index (κ2) is 5.02.